The first kappa shape index (κ1) is 16.3. The first-order chi connectivity index (χ1) is 10.9. The molecule has 2 aliphatic rings. The van der Waals surface area contributed by atoms with E-state index in [0.29, 0.717) is 30.7 Å². The number of amides is 2. The minimum absolute atomic E-state index is 0.0296. The quantitative estimate of drug-likeness (QED) is 0.786. The van der Waals surface area contributed by atoms with E-state index < -0.39 is 5.60 Å². The van der Waals surface area contributed by atoms with Crippen LogP contribution in [0.1, 0.15) is 38.2 Å². The molecule has 1 aromatic carbocycles. The van der Waals surface area contributed by atoms with Crippen molar-refractivity contribution >= 4 is 23.4 Å². The summed E-state index contributed by atoms with van der Waals surface area (Å²) >= 11 is 5.96. The second-order valence-corrected chi connectivity index (χ2v) is 7.09. The Hall–Kier alpha value is -1.59. The average Bonchev–Trinajstić information content (AvgIpc) is 2.46. The largest absolute Gasteiger partial charge is 0.385 e. The lowest BCUT2D eigenvalue weighted by molar-refractivity contribution is -0.144. The number of piperidine rings is 1. The first-order valence-corrected chi connectivity index (χ1v) is 8.33. The molecule has 2 atom stereocenters. The average molecular weight is 337 g/mol. The number of nitrogens with one attached hydrogen (secondary N) is 2. The molecule has 1 saturated heterocycles. The zero-order valence-electron chi connectivity index (χ0n) is 13.0. The van der Waals surface area contributed by atoms with Gasteiger partial charge >= 0.3 is 0 Å². The smallest absolute Gasteiger partial charge is 0.223 e. The topological polar surface area (TPSA) is 78.4 Å². The Bertz CT molecular complexity index is 628. The third-order valence-corrected chi connectivity index (χ3v) is 5.14. The molecule has 2 amide bonds. The predicted molar refractivity (Wildman–Crippen MR) is 86.8 cm³/mol. The molecular formula is C17H21ClN2O3. The highest BCUT2D eigenvalue weighted by molar-refractivity contribution is 6.30. The fraction of sp³-hybridized carbons (Fsp3) is 0.529. The molecule has 23 heavy (non-hydrogen) atoms. The molecule has 0 spiro atoms. The summed E-state index contributed by atoms with van der Waals surface area (Å²) in [5, 5.41) is 17.0. The van der Waals surface area contributed by atoms with Gasteiger partial charge in [-0.1, -0.05) is 23.7 Å². The summed E-state index contributed by atoms with van der Waals surface area (Å²) < 4.78 is 0. The molecule has 1 saturated carbocycles. The van der Waals surface area contributed by atoms with Crippen molar-refractivity contribution in [2.75, 3.05) is 0 Å². The second kappa shape index (κ2) is 6.13. The monoisotopic (exact) mass is 336 g/mol. The van der Waals surface area contributed by atoms with Crippen LogP contribution in [0.25, 0.3) is 0 Å². The summed E-state index contributed by atoms with van der Waals surface area (Å²) in [6, 6.07) is 7.03. The Kier molecular flexibility index (Phi) is 4.34. The van der Waals surface area contributed by atoms with E-state index in [9.17, 15) is 14.7 Å². The molecule has 1 aliphatic carbocycles. The molecule has 0 aromatic heterocycles. The molecule has 5 nitrogen and oxygen atoms in total. The molecule has 0 bridgehead atoms. The van der Waals surface area contributed by atoms with Crippen LogP contribution < -0.4 is 10.6 Å². The molecule has 2 fully saturated rings. The van der Waals surface area contributed by atoms with Gasteiger partial charge in [-0.2, -0.15) is 0 Å². The lowest BCUT2D eigenvalue weighted by atomic mass is 9.67. The van der Waals surface area contributed by atoms with Gasteiger partial charge in [-0.3, -0.25) is 9.59 Å². The highest BCUT2D eigenvalue weighted by Gasteiger charge is 2.47. The summed E-state index contributed by atoms with van der Waals surface area (Å²) in [6.07, 6.45) is 1.88. The van der Waals surface area contributed by atoms with E-state index in [1.54, 1.807) is 18.2 Å². The second-order valence-electron chi connectivity index (χ2n) is 6.66. The van der Waals surface area contributed by atoms with Gasteiger partial charge in [0.15, 0.2) is 0 Å². The maximum atomic E-state index is 12.3. The van der Waals surface area contributed by atoms with Crippen LogP contribution in [0.4, 0.5) is 0 Å². The van der Waals surface area contributed by atoms with Crippen molar-refractivity contribution in [3.63, 3.8) is 0 Å². The Labute approximate surface area is 140 Å². The van der Waals surface area contributed by atoms with Gasteiger partial charge in [-0.25, -0.2) is 0 Å². The number of hydrogen-bond donors (Lipinski definition) is 3. The molecule has 3 N–H and O–H groups in total. The summed E-state index contributed by atoms with van der Waals surface area (Å²) in [7, 11) is 0. The Morgan fingerprint density at radius 1 is 1.43 bits per heavy atom. The van der Waals surface area contributed by atoms with Gasteiger partial charge in [-0.05, 0) is 43.9 Å². The Balaban J connectivity index is 1.56. The number of benzene rings is 1. The number of rotatable bonds is 3. The zero-order valence-corrected chi connectivity index (χ0v) is 13.8. The number of carbonyl (C=O) groups is 2. The van der Waals surface area contributed by atoms with Crippen LogP contribution in [-0.4, -0.2) is 29.0 Å². The fourth-order valence-electron chi connectivity index (χ4n) is 3.42. The SMILES string of the molecule is CC1NC(=O)CCC1NC(=O)C1CC(O)(c2cccc(Cl)c2)C1. The fourth-order valence-corrected chi connectivity index (χ4v) is 3.61. The van der Waals surface area contributed by atoms with Crippen molar-refractivity contribution in [1.82, 2.24) is 10.6 Å². The van der Waals surface area contributed by atoms with E-state index in [-0.39, 0.29) is 29.8 Å². The maximum absolute atomic E-state index is 12.3. The highest BCUT2D eigenvalue weighted by atomic mass is 35.5. The highest BCUT2D eigenvalue weighted by Crippen LogP contribution is 2.46. The van der Waals surface area contributed by atoms with Crippen LogP contribution in [0.2, 0.25) is 5.02 Å². The minimum atomic E-state index is -0.973. The molecule has 1 aliphatic heterocycles. The van der Waals surface area contributed by atoms with Crippen LogP contribution in [0.5, 0.6) is 0 Å². The third-order valence-electron chi connectivity index (χ3n) is 4.90. The Morgan fingerprint density at radius 2 is 2.17 bits per heavy atom. The normalized spacial score (nSPS) is 33.5. The lowest BCUT2D eigenvalue weighted by Gasteiger charge is -2.44. The zero-order chi connectivity index (χ0) is 16.6. The number of carbonyl (C=O) groups excluding carboxylic acids is 2. The molecule has 3 rings (SSSR count). The van der Waals surface area contributed by atoms with E-state index in [4.69, 9.17) is 11.6 Å². The number of aliphatic hydroxyl groups is 1. The van der Waals surface area contributed by atoms with Gasteiger partial charge in [-0.15, -0.1) is 0 Å². The third kappa shape index (κ3) is 3.35. The van der Waals surface area contributed by atoms with Gasteiger partial charge in [0.05, 0.1) is 5.60 Å². The van der Waals surface area contributed by atoms with Crippen molar-refractivity contribution in [3.05, 3.63) is 34.9 Å². The van der Waals surface area contributed by atoms with E-state index in [2.05, 4.69) is 10.6 Å². The molecular weight excluding hydrogens is 316 g/mol. The first-order valence-electron chi connectivity index (χ1n) is 7.95. The van der Waals surface area contributed by atoms with E-state index >= 15 is 0 Å². The lowest BCUT2D eigenvalue weighted by Crippen LogP contribution is -2.57. The molecule has 124 valence electrons. The summed E-state index contributed by atoms with van der Waals surface area (Å²) in [5.41, 5.74) is -0.216. The van der Waals surface area contributed by atoms with Crippen LogP contribution in [0.15, 0.2) is 24.3 Å². The van der Waals surface area contributed by atoms with Gasteiger partial charge in [0.1, 0.15) is 0 Å². The molecule has 6 heteroatoms. The van der Waals surface area contributed by atoms with Gasteiger partial charge in [0.25, 0.3) is 0 Å². The maximum Gasteiger partial charge on any atom is 0.223 e. The predicted octanol–water partition coefficient (Wildman–Crippen LogP) is 1.72. The van der Waals surface area contributed by atoms with Crippen LogP contribution in [-0.2, 0) is 15.2 Å². The minimum Gasteiger partial charge on any atom is -0.385 e. The van der Waals surface area contributed by atoms with Crippen molar-refractivity contribution in [2.24, 2.45) is 5.92 Å². The van der Waals surface area contributed by atoms with Crippen LogP contribution in [0, 0.1) is 5.92 Å². The van der Waals surface area contributed by atoms with Crippen LogP contribution >= 0.6 is 11.6 Å². The van der Waals surface area contributed by atoms with Crippen molar-refractivity contribution in [1.29, 1.82) is 0 Å². The summed E-state index contributed by atoms with van der Waals surface area (Å²) in [6.45, 7) is 1.89. The molecule has 0 radical (unpaired) electrons. The van der Waals surface area contributed by atoms with Gasteiger partial charge < -0.3 is 15.7 Å². The Morgan fingerprint density at radius 3 is 2.83 bits per heavy atom. The number of halogens is 1. The van der Waals surface area contributed by atoms with Gasteiger partial charge in [0, 0.05) is 29.4 Å². The molecule has 1 heterocycles. The van der Waals surface area contributed by atoms with Crippen molar-refractivity contribution in [3.8, 4) is 0 Å². The number of hydrogen-bond acceptors (Lipinski definition) is 3. The van der Waals surface area contributed by atoms with E-state index in [1.807, 2.05) is 13.0 Å². The summed E-state index contributed by atoms with van der Waals surface area (Å²) in [4.78, 5) is 23.7. The standard InChI is InChI=1S/C17H21ClN2O3/c1-10-14(5-6-15(21)19-10)20-16(22)11-8-17(23,9-11)12-3-2-4-13(18)7-12/h2-4,7,10-11,14,23H,5-6,8-9H2,1H3,(H,19,21)(H,20,22). The van der Waals surface area contributed by atoms with E-state index in [1.165, 1.54) is 0 Å². The van der Waals surface area contributed by atoms with Gasteiger partial charge in [0.2, 0.25) is 11.8 Å². The summed E-state index contributed by atoms with van der Waals surface area (Å²) in [5.74, 6) is -0.226. The van der Waals surface area contributed by atoms with Crippen molar-refractivity contribution < 1.29 is 14.7 Å². The molecule has 1 aromatic rings. The van der Waals surface area contributed by atoms with Crippen molar-refractivity contribution in [2.45, 2.75) is 50.3 Å². The van der Waals surface area contributed by atoms with Crippen LogP contribution in [0.3, 0.4) is 0 Å². The molecule has 2 unspecified atom stereocenters. The van der Waals surface area contributed by atoms with E-state index in [0.717, 1.165) is 5.56 Å².